The Labute approximate surface area is 191 Å². The van der Waals surface area contributed by atoms with Gasteiger partial charge >= 0.3 is 0 Å². The van der Waals surface area contributed by atoms with Gasteiger partial charge in [0.05, 0.1) is 18.1 Å². The van der Waals surface area contributed by atoms with E-state index < -0.39 is 11.5 Å². The first-order valence-corrected chi connectivity index (χ1v) is 11.9. The highest BCUT2D eigenvalue weighted by Gasteiger charge is 2.64. The lowest BCUT2D eigenvalue weighted by atomic mass is 9.62. The topological polar surface area (TPSA) is 64.1 Å². The van der Waals surface area contributed by atoms with Gasteiger partial charge in [-0.15, -0.1) is 0 Å². The van der Waals surface area contributed by atoms with E-state index in [9.17, 15) is 14.7 Å². The molecule has 6 heteroatoms. The van der Waals surface area contributed by atoms with Gasteiger partial charge in [-0.1, -0.05) is 63.3 Å². The Balaban J connectivity index is 1.24. The number of imide groups is 1. The van der Waals surface area contributed by atoms with E-state index in [1.165, 1.54) is 10.5 Å². The van der Waals surface area contributed by atoms with Crippen LogP contribution in [0.25, 0.3) is 6.08 Å². The first-order valence-electron chi connectivity index (χ1n) is 11.9. The Morgan fingerprint density at radius 1 is 1.03 bits per heavy atom. The predicted octanol–water partition coefficient (Wildman–Crippen LogP) is 2.49. The van der Waals surface area contributed by atoms with Gasteiger partial charge in [-0.05, 0) is 23.8 Å². The Hall–Kier alpha value is -2.02. The fraction of sp³-hybridized carbons (Fsp3) is 0.615. The molecule has 3 atom stereocenters. The van der Waals surface area contributed by atoms with Crippen molar-refractivity contribution in [2.24, 2.45) is 16.7 Å². The van der Waals surface area contributed by atoms with Crippen LogP contribution in [0.15, 0.2) is 36.4 Å². The van der Waals surface area contributed by atoms with Gasteiger partial charge in [0.2, 0.25) is 11.8 Å². The Morgan fingerprint density at radius 2 is 1.69 bits per heavy atom. The summed E-state index contributed by atoms with van der Waals surface area (Å²) in [5, 5.41) is 10.7. The molecule has 1 N–H and O–H groups in total. The number of piperazine rings is 1. The quantitative estimate of drug-likeness (QED) is 0.662. The summed E-state index contributed by atoms with van der Waals surface area (Å²) in [5.41, 5.74) is 0.389. The van der Waals surface area contributed by atoms with Crippen LogP contribution in [0, 0.1) is 16.7 Å². The zero-order valence-electron chi connectivity index (χ0n) is 19.7. The Bertz CT molecular complexity index is 860. The molecule has 3 aliphatic rings. The fourth-order valence-corrected chi connectivity index (χ4v) is 5.70. The number of β-amino-alcohol motifs (C(OH)–C–C–N with tert-alkyl or cyclic N) is 1. The van der Waals surface area contributed by atoms with Crippen molar-refractivity contribution in [2.45, 2.75) is 39.7 Å². The highest BCUT2D eigenvalue weighted by atomic mass is 16.3. The van der Waals surface area contributed by atoms with Gasteiger partial charge in [0.25, 0.3) is 0 Å². The molecule has 1 aliphatic carbocycles. The average Bonchev–Trinajstić information content (AvgIpc) is 2.97. The molecule has 0 aromatic heterocycles. The van der Waals surface area contributed by atoms with Gasteiger partial charge < -0.3 is 5.11 Å². The summed E-state index contributed by atoms with van der Waals surface area (Å²) >= 11 is 0. The van der Waals surface area contributed by atoms with Gasteiger partial charge in [-0.25, -0.2) is 0 Å². The molecular formula is C26H37N3O3. The highest BCUT2D eigenvalue weighted by Crippen LogP contribution is 2.60. The monoisotopic (exact) mass is 439 g/mol. The minimum Gasteiger partial charge on any atom is -0.390 e. The minimum atomic E-state index is -0.711. The van der Waals surface area contributed by atoms with Crippen LogP contribution >= 0.6 is 0 Å². The summed E-state index contributed by atoms with van der Waals surface area (Å²) in [6, 6.07) is 10.3. The van der Waals surface area contributed by atoms with E-state index in [1.807, 2.05) is 39.0 Å². The second kappa shape index (κ2) is 9.08. The molecule has 0 unspecified atom stereocenters. The number of piperidine rings is 1. The van der Waals surface area contributed by atoms with Crippen molar-refractivity contribution in [3.8, 4) is 0 Å². The van der Waals surface area contributed by atoms with Crippen LogP contribution in [-0.4, -0.2) is 83.5 Å². The fourth-order valence-electron chi connectivity index (χ4n) is 5.70. The third-order valence-electron chi connectivity index (χ3n) is 8.31. The number of likely N-dealkylation sites (tertiary alicyclic amines) is 1. The van der Waals surface area contributed by atoms with Crippen LogP contribution in [-0.2, 0) is 9.59 Å². The minimum absolute atomic E-state index is 0.0935. The number of carbonyl (C=O) groups excluding carboxylic acids is 2. The third kappa shape index (κ3) is 4.28. The summed E-state index contributed by atoms with van der Waals surface area (Å²) in [7, 11) is 0. The van der Waals surface area contributed by atoms with Crippen LogP contribution in [0.4, 0.5) is 0 Å². The first-order chi connectivity index (χ1) is 15.2. The number of aliphatic hydroxyl groups is 1. The van der Waals surface area contributed by atoms with Crippen molar-refractivity contribution in [3.63, 3.8) is 0 Å². The molecule has 1 saturated carbocycles. The molecule has 2 bridgehead atoms. The zero-order chi connectivity index (χ0) is 22.9. The summed E-state index contributed by atoms with van der Waals surface area (Å²) < 4.78 is 0. The van der Waals surface area contributed by atoms with Gasteiger partial charge in [0.1, 0.15) is 0 Å². The predicted molar refractivity (Wildman–Crippen MR) is 126 cm³/mol. The van der Waals surface area contributed by atoms with E-state index in [-0.39, 0.29) is 29.7 Å². The van der Waals surface area contributed by atoms with Crippen molar-refractivity contribution in [1.82, 2.24) is 14.7 Å². The number of hydrogen-bond acceptors (Lipinski definition) is 5. The maximum absolute atomic E-state index is 13.2. The lowest BCUT2D eigenvalue weighted by molar-refractivity contribution is -0.169. The molecule has 2 aliphatic heterocycles. The molecule has 174 valence electrons. The molecular weight excluding hydrogens is 402 g/mol. The van der Waals surface area contributed by atoms with Crippen molar-refractivity contribution < 1.29 is 14.7 Å². The molecule has 6 nitrogen and oxygen atoms in total. The van der Waals surface area contributed by atoms with E-state index in [0.29, 0.717) is 6.54 Å². The summed E-state index contributed by atoms with van der Waals surface area (Å²) in [5.74, 6) is -0.316. The molecule has 0 radical (unpaired) electrons. The van der Waals surface area contributed by atoms with Gasteiger partial charge in [-0.3, -0.25) is 24.3 Å². The number of fused-ring (bicyclic) bond motifs is 2. The molecule has 2 heterocycles. The molecule has 1 aromatic carbocycles. The van der Waals surface area contributed by atoms with Gasteiger partial charge in [0.15, 0.2) is 0 Å². The summed E-state index contributed by atoms with van der Waals surface area (Å²) in [6.45, 7) is 11.3. The summed E-state index contributed by atoms with van der Waals surface area (Å²) in [4.78, 5) is 32.2. The Morgan fingerprint density at radius 3 is 2.38 bits per heavy atom. The van der Waals surface area contributed by atoms with Gasteiger partial charge in [-0.2, -0.15) is 0 Å². The number of benzene rings is 1. The number of nitrogens with zero attached hydrogens (tertiary/aromatic N) is 3. The van der Waals surface area contributed by atoms with Crippen molar-refractivity contribution in [1.29, 1.82) is 0 Å². The molecule has 1 aromatic rings. The van der Waals surface area contributed by atoms with E-state index in [0.717, 1.165) is 45.6 Å². The van der Waals surface area contributed by atoms with E-state index >= 15 is 0 Å². The maximum atomic E-state index is 13.2. The normalized spacial score (nSPS) is 29.8. The number of carbonyl (C=O) groups is 2. The van der Waals surface area contributed by atoms with E-state index in [4.69, 9.17) is 0 Å². The lowest BCUT2D eigenvalue weighted by Gasteiger charge is -2.48. The van der Waals surface area contributed by atoms with Crippen molar-refractivity contribution in [2.75, 3.05) is 45.8 Å². The Kier molecular flexibility index (Phi) is 6.57. The molecule has 32 heavy (non-hydrogen) atoms. The molecule has 3 fully saturated rings. The van der Waals surface area contributed by atoms with Gasteiger partial charge in [0, 0.05) is 45.2 Å². The SMILES string of the molecule is CC1(C)[C@H]2CC[C@]1(C)C(=O)N(C[C@H](O)CN1CCN(C/C=C/c3ccccc3)CC1)C2=O. The number of hydrogen-bond donors (Lipinski definition) is 1. The summed E-state index contributed by atoms with van der Waals surface area (Å²) in [6.07, 6.45) is 5.15. The average molecular weight is 440 g/mol. The standard InChI is InChI=1S/C26H37N3O3/c1-25(2)22-11-12-26(25,3)24(32)29(23(22)31)19-21(30)18-28-16-14-27(15-17-28)13-7-10-20-8-5-4-6-9-20/h4-10,21-22,30H,11-19H2,1-3H3/b10-7+/t21-,22+,26-/m1/s1. The second-order valence-electron chi connectivity index (χ2n) is 10.5. The third-order valence-corrected chi connectivity index (χ3v) is 8.31. The van der Waals surface area contributed by atoms with Crippen LogP contribution < -0.4 is 0 Å². The maximum Gasteiger partial charge on any atom is 0.235 e. The largest absolute Gasteiger partial charge is 0.390 e. The highest BCUT2D eigenvalue weighted by molar-refractivity contribution is 6.03. The molecule has 4 rings (SSSR count). The number of rotatable bonds is 7. The van der Waals surface area contributed by atoms with Crippen LogP contribution in [0.5, 0.6) is 0 Å². The molecule has 2 amide bonds. The number of amides is 2. The first kappa shape index (κ1) is 23.1. The van der Waals surface area contributed by atoms with Crippen molar-refractivity contribution in [3.05, 3.63) is 42.0 Å². The molecule has 2 saturated heterocycles. The van der Waals surface area contributed by atoms with Crippen molar-refractivity contribution >= 4 is 17.9 Å². The van der Waals surface area contributed by atoms with Crippen LogP contribution in [0.1, 0.15) is 39.2 Å². The molecule has 0 spiro atoms. The van der Waals surface area contributed by atoms with E-state index in [2.05, 4.69) is 34.1 Å². The van der Waals surface area contributed by atoms with Crippen LogP contribution in [0.2, 0.25) is 0 Å². The second-order valence-corrected chi connectivity index (χ2v) is 10.5. The zero-order valence-corrected chi connectivity index (χ0v) is 19.7. The van der Waals surface area contributed by atoms with Crippen LogP contribution in [0.3, 0.4) is 0 Å². The van der Waals surface area contributed by atoms with E-state index in [1.54, 1.807) is 0 Å². The number of aliphatic hydroxyl groups excluding tert-OH is 1. The lowest BCUT2D eigenvalue weighted by Crippen LogP contribution is -2.61. The smallest absolute Gasteiger partial charge is 0.235 e.